The molecule has 11 heavy (non-hydrogen) atoms. The molecule has 0 bridgehead atoms. The Balaban J connectivity index is 3.94. The molecule has 0 fully saturated rings. The van der Waals surface area contributed by atoms with E-state index < -0.39 is 5.54 Å². The van der Waals surface area contributed by atoms with Gasteiger partial charge < -0.3 is 10.4 Å². The van der Waals surface area contributed by atoms with Gasteiger partial charge in [-0.25, -0.2) is 0 Å². The molecule has 0 saturated carbocycles. The first-order valence-corrected chi connectivity index (χ1v) is 3.82. The van der Waals surface area contributed by atoms with Crippen LogP contribution in [0.15, 0.2) is 0 Å². The maximum Gasteiger partial charge on any atom is 0.223 e. The van der Waals surface area contributed by atoms with E-state index in [4.69, 9.17) is 5.11 Å². The minimum atomic E-state index is -0.499. The van der Waals surface area contributed by atoms with Crippen molar-refractivity contribution in [2.24, 2.45) is 5.92 Å². The van der Waals surface area contributed by atoms with Crippen molar-refractivity contribution >= 4 is 5.91 Å². The Morgan fingerprint density at radius 2 is 2.00 bits per heavy atom. The molecule has 0 saturated heterocycles. The van der Waals surface area contributed by atoms with Crippen molar-refractivity contribution in [3.63, 3.8) is 0 Å². The van der Waals surface area contributed by atoms with Crippen LogP contribution in [-0.4, -0.2) is 23.2 Å². The van der Waals surface area contributed by atoms with Crippen LogP contribution in [0.25, 0.3) is 0 Å². The molecule has 2 N–H and O–H groups in total. The lowest BCUT2D eigenvalue weighted by molar-refractivity contribution is -0.126. The van der Waals surface area contributed by atoms with Crippen LogP contribution < -0.4 is 5.32 Å². The summed E-state index contributed by atoms with van der Waals surface area (Å²) in [6, 6.07) is 0. The molecule has 0 aromatic rings. The first-order chi connectivity index (χ1) is 4.89. The second-order valence-electron chi connectivity index (χ2n) is 3.69. The molecule has 0 radical (unpaired) electrons. The second-order valence-corrected chi connectivity index (χ2v) is 3.69. The van der Waals surface area contributed by atoms with Crippen molar-refractivity contribution < 1.29 is 9.90 Å². The van der Waals surface area contributed by atoms with Crippen molar-refractivity contribution in [3.05, 3.63) is 0 Å². The van der Waals surface area contributed by atoms with Crippen LogP contribution in [0.1, 0.15) is 27.7 Å². The second kappa shape index (κ2) is 3.72. The molecule has 66 valence electrons. The largest absolute Gasteiger partial charge is 0.394 e. The van der Waals surface area contributed by atoms with Gasteiger partial charge in [0.05, 0.1) is 12.1 Å². The summed E-state index contributed by atoms with van der Waals surface area (Å²) in [5, 5.41) is 11.5. The van der Waals surface area contributed by atoms with Crippen LogP contribution >= 0.6 is 0 Å². The highest BCUT2D eigenvalue weighted by molar-refractivity contribution is 5.78. The Morgan fingerprint density at radius 1 is 1.55 bits per heavy atom. The van der Waals surface area contributed by atoms with E-state index in [0.717, 1.165) is 0 Å². The van der Waals surface area contributed by atoms with Gasteiger partial charge in [-0.1, -0.05) is 13.8 Å². The Hall–Kier alpha value is -0.570. The van der Waals surface area contributed by atoms with E-state index in [0.29, 0.717) is 0 Å². The zero-order valence-corrected chi connectivity index (χ0v) is 7.64. The molecule has 0 aliphatic rings. The molecule has 0 aliphatic heterocycles. The third kappa shape index (κ3) is 3.98. The molecule has 0 rings (SSSR count). The number of nitrogens with one attached hydrogen (secondary N) is 1. The van der Waals surface area contributed by atoms with E-state index in [2.05, 4.69) is 5.32 Å². The average molecular weight is 159 g/mol. The highest BCUT2D eigenvalue weighted by Crippen LogP contribution is 2.02. The molecule has 0 aromatic carbocycles. The number of amides is 1. The summed E-state index contributed by atoms with van der Waals surface area (Å²) >= 11 is 0. The summed E-state index contributed by atoms with van der Waals surface area (Å²) in [6.45, 7) is 7.18. The van der Waals surface area contributed by atoms with Gasteiger partial charge in [0.25, 0.3) is 0 Å². The van der Waals surface area contributed by atoms with Gasteiger partial charge in [0.1, 0.15) is 0 Å². The molecule has 0 spiro atoms. The topological polar surface area (TPSA) is 49.3 Å². The van der Waals surface area contributed by atoms with Crippen molar-refractivity contribution in [2.75, 3.05) is 6.61 Å². The molecular formula is C8H17NO2. The predicted molar refractivity (Wildman–Crippen MR) is 44.1 cm³/mol. The van der Waals surface area contributed by atoms with Gasteiger partial charge in [-0.05, 0) is 13.8 Å². The van der Waals surface area contributed by atoms with Crippen LogP contribution in [0.5, 0.6) is 0 Å². The molecule has 0 unspecified atom stereocenters. The van der Waals surface area contributed by atoms with E-state index in [9.17, 15) is 4.79 Å². The van der Waals surface area contributed by atoms with E-state index >= 15 is 0 Å². The highest BCUT2D eigenvalue weighted by Gasteiger charge is 2.20. The minimum absolute atomic E-state index is 0.0240. The molecule has 0 aliphatic carbocycles. The van der Waals surface area contributed by atoms with E-state index in [-0.39, 0.29) is 18.4 Å². The van der Waals surface area contributed by atoms with E-state index in [1.54, 1.807) is 13.8 Å². The van der Waals surface area contributed by atoms with Gasteiger partial charge in [-0.15, -0.1) is 0 Å². The molecule has 0 heterocycles. The molecule has 0 aromatic heterocycles. The van der Waals surface area contributed by atoms with Crippen LogP contribution in [0.4, 0.5) is 0 Å². The molecule has 0 atom stereocenters. The first kappa shape index (κ1) is 10.4. The summed E-state index contributed by atoms with van der Waals surface area (Å²) in [5.41, 5.74) is -0.499. The number of carbonyl (C=O) groups excluding carboxylic acids is 1. The monoisotopic (exact) mass is 159 g/mol. The summed E-state index contributed by atoms with van der Waals surface area (Å²) in [4.78, 5) is 11.1. The zero-order valence-electron chi connectivity index (χ0n) is 7.64. The Kier molecular flexibility index (Phi) is 3.52. The van der Waals surface area contributed by atoms with Gasteiger partial charge in [-0.2, -0.15) is 0 Å². The van der Waals surface area contributed by atoms with Gasteiger partial charge in [-0.3, -0.25) is 4.79 Å². The predicted octanol–water partition coefficient (Wildman–Crippen LogP) is 0.529. The zero-order chi connectivity index (χ0) is 9.07. The number of hydrogen-bond acceptors (Lipinski definition) is 2. The van der Waals surface area contributed by atoms with Crippen LogP contribution in [0, 0.1) is 5.92 Å². The van der Waals surface area contributed by atoms with Crippen molar-refractivity contribution in [2.45, 2.75) is 33.2 Å². The summed E-state index contributed by atoms with van der Waals surface area (Å²) in [5.74, 6) is -0.0510. The fraction of sp³-hybridized carbons (Fsp3) is 0.875. The van der Waals surface area contributed by atoms with Crippen molar-refractivity contribution in [1.82, 2.24) is 5.32 Å². The third-order valence-corrected chi connectivity index (χ3v) is 1.38. The number of aliphatic hydroxyl groups is 1. The molecule has 1 amide bonds. The summed E-state index contributed by atoms with van der Waals surface area (Å²) < 4.78 is 0. The summed E-state index contributed by atoms with van der Waals surface area (Å²) in [7, 11) is 0. The van der Waals surface area contributed by atoms with Gasteiger partial charge in [0, 0.05) is 5.92 Å². The van der Waals surface area contributed by atoms with Crippen LogP contribution in [0.2, 0.25) is 0 Å². The summed E-state index contributed by atoms with van der Waals surface area (Å²) in [6.07, 6.45) is 0. The van der Waals surface area contributed by atoms with Crippen molar-refractivity contribution in [3.8, 4) is 0 Å². The van der Waals surface area contributed by atoms with Crippen molar-refractivity contribution in [1.29, 1.82) is 0 Å². The lowest BCUT2D eigenvalue weighted by atomic mass is 10.1. The van der Waals surface area contributed by atoms with Gasteiger partial charge >= 0.3 is 0 Å². The maximum absolute atomic E-state index is 11.1. The van der Waals surface area contributed by atoms with Crippen LogP contribution in [-0.2, 0) is 4.79 Å². The van der Waals surface area contributed by atoms with Gasteiger partial charge in [0.15, 0.2) is 0 Å². The molecule has 3 heteroatoms. The number of aliphatic hydroxyl groups excluding tert-OH is 1. The maximum atomic E-state index is 11.1. The van der Waals surface area contributed by atoms with Gasteiger partial charge in [0.2, 0.25) is 5.91 Å². The fourth-order valence-corrected chi connectivity index (χ4v) is 0.517. The Labute approximate surface area is 67.8 Å². The quantitative estimate of drug-likeness (QED) is 0.631. The number of carbonyl (C=O) groups is 1. The standard InChI is InChI=1S/C8H17NO2/c1-6(2)7(11)9-8(3,4)5-10/h6,10H,5H2,1-4H3,(H,9,11). The lowest BCUT2D eigenvalue weighted by Gasteiger charge is -2.24. The third-order valence-electron chi connectivity index (χ3n) is 1.38. The fourth-order valence-electron chi connectivity index (χ4n) is 0.517. The first-order valence-electron chi connectivity index (χ1n) is 3.82. The molecular weight excluding hydrogens is 142 g/mol. The Morgan fingerprint density at radius 3 is 2.27 bits per heavy atom. The number of rotatable bonds is 3. The normalized spacial score (nSPS) is 11.8. The van der Waals surface area contributed by atoms with E-state index in [1.165, 1.54) is 0 Å². The smallest absolute Gasteiger partial charge is 0.223 e. The highest BCUT2D eigenvalue weighted by atomic mass is 16.3. The lowest BCUT2D eigenvalue weighted by Crippen LogP contribution is -2.47. The van der Waals surface area contributed by atoms with Crippen LogP contribution in [0.3, 0.4) is 0 Å². The number of hydrogen-bond donors (Lipinski definition) is 2. The minimum Gasteiger partial charge on any atom is -0.394 e. The SMILES string of the molecule is CC(C)C(=O)NC(C)(C)CO. The molecule has 3 nitrogen and oxygen atoms in total. The average Bonchev–Trinajstić information content (AvgIpc) is 1.87. The van der Waals surface area contributed by atoms with E-state index in [1.807, 2.05) is 13.8 Å². The Bertz CT molecular complexity index is 141.